The van der Waals surface area contributed by atoms with E-state index in [0.29, 0.717) is 35.8 Å². The molecule has 0 bridgehead atoms. The Balaban J connectivity index is 2.66. The van der Waals surface area contributed by atoms with Gasteiger partial charge in [-0.25, -0.2) is 4.58 Å². The molecule has 1 nitrogen and oxygen atoms in total. The van der Waals surface area contributed by atoms with Crippen LogP contribution in [0.1, 0.15) is 84.4 Å². The van der Waals surface area contributed by atoms with Gasteiger partial charge in [0.05, 0.1) is 5.92 Å². The monoisotopic (exact) mass is 356 g/mol. The molecular formula is C25H42N+. The number of hydrogen-bond acceptors (Lipinski definition) is 0. The minimum Gasteiger partial charge on any atom is -0.231 e. The summed E-state index contributed by atoms with van der Waals surface area (Å²) >= 11 is 0. The maximum absolute atomic E-state index is 2.83. The van der Waals surface area contributed by atoms with E-state index in [1.807, 2.05) is 0 Å². The molecule has 0 saturated heterocycles. The fourth-order valence-corrected chi connectivity index (χ4v) is 5.87. The highest BCUT2D eigenvalue weighted by molar-refractivity contribution is 5.90. The molecule has 146 valence electrons. The summed E-state index contributed by atoms with van der Waals surface area (Å²) in [6.45, 7) is 23.9. The molecule has 1 unspecified atom stereocenters. The van der Waals surface area contributed by atoms with Crippen LogP contribution >= 0.6 is 0 Å². The molecule has 0 radical (unpaired) electrons. The molecule has 1 aromatic carbocycles. The third-order valence-corrected chi connectivity index (χ3v) is 6.51. The summed E-state index contributed by atoms with van der Waals surface area (Å²) < 4.78 is 2.83. The standard InChI is InChI=1S/C25H42N/c1-15(2)23(16(3)4)22-14-21(24-19(9)12-11-13-20(24)10)25(17(5)6)26(22)18(7)8/h11-13,15-18,21-23H,14H2,1-10H3/q+1/t21?,22-/m0/s1. The van der Waals surface area contributed by atoms with Gasteiger partial charge in [-0.05, 0) is 56.2 Å². The van der Waals surface area contributed by atoms with E-state index in [0.717, 1.165) is 5.92 Å². The van der Waals surface area contributed by atoms with Gasteiger partial charge in [0.15, 0.2) is 11.8 Å². The number of nitrogens with zero attached hydrogens (tertiary/aromatic N) is 1. The summed E-state index contributed by atoms with van der Waals surface area (Å²) in [6.07, 6.45) is 1.28. The largest absolute Gasteiger partial charge is 0.231 e. The Bertz CT molecular complexity index is 620. The first-order chi connectivity index (χ1) is 12.1. The van der Waals surface area contributed by atoms with Crippen molar-refractivity contribution >= 4 is 5.71 Å². The van der Waals surface area contributed by atoms with E-state index in [2.05, 4.69) is 92.0 Å². The van der Waals surface area contributed by atoms with E-state index in [9.17, 15) is 0 Å². The second-order valence-corrected chi connectivity index (χ2v) is 9.81. The average molecular weight is 357 g/mol. The lowest BCUT2D eigenvalue weighted by Crippen LogP contribution is -2.41. The third-order valence-electron chi connectivity index (χ3n) is 6.51. The Hall–Kier alpha value is -1.11. The molecule has 1 heterocycles. The van der Waals surface area contributed by atoms with Crippen LogP contribution in [0.15, 0.2) is 18.2 Å². The van der Waals surface area contributed by atoms with Gasteiger partial charge >= 0.3 is 0 Å². The van der Waals surface area contributed by atoms with E-state index in [-0.39, 0.29) is 0 Å². The molecule has 1 aliphatic heterocycles. The summed E-state index contributed by atoms with van der Waals surface area (Å²) in [5.41, 5.74) is 6.19. The van der Waals surface area contributed by atoms with Crippen LogP contribution in [-0.4, -0.2) is 22.4 Å². The summed E-state index contributed by atoms with van der Waals surface area (Å²) in [5, 5.41) is 0. The van der Waals surface area contributed by atoms with Gasteiger partial charge < -0.3 is 0 Å². The highest BCUT2D eigenvalue weighted by atomic mass is 15.1. The maximum atomic E-state index is 2.83. The van der Waals surface area contributed by atoms with Crippen LogP contribution in [0.25, 0.3) is 0 Å². The Labute approximate surface area is 162 Å². The van der Waals surface area contributed by atoms with Crippen molar-refractivity contribution in [3.8, 4) is 0 Å². The highest BCUT2D eigenvalue weighted by Crippen LogP contribution is 2.42. The topological polar surface area (TPSA) is 3.01 Å². The van der Waals surface area contributed by atoms with Gasteiger partial charge in [0.1, 0.15) is 6.04 Å². The van der Waals surface area contributed by atoms with Gasteiger partial charge in [0.2, 0.25) is 0 Å². The predicted octanol–water partition coefficient (Wildman–Crippen LogP) is 6.61. The Morgan fingerprint density at radius 3 is 1.73 bits per heavy atom. The van der Waals surface area contributed by atoms with E-state index in [1.54, 1.807) is 11.3 Å². The molecule has 0 amide bonds. The Morgan fingerprint density at radius 2 is 1.35 bits per heavy atom. The molecule has 0 spiro atoms. The minimum absolute atomic E-state index is 0.562. The second kappa shape index (κ2) is 8.28. The summed E-state index contributed by atoms with van der Waals surface area (Å²) in [4.78, 5) is 0. The van der Waals surface area contributed by atoms with Crippen LogP contribution in [0, 0.1) is 37.5 Å². The molecule has 2 rings (SSSR count). The van der Waals surface area contributed by atoms with Crippen molar-refractivity contribution in [3.63, 3.8) is 0 Å². The molecule has 1 aromatic rings. The van der Waals surface area contributed by atoms with Crippen LogP contribution in [0.4, 0.5) is 0 Å². The average Bonchev–Trinajstić information content (AvgIpc) is 2.86. The fraction of sp³-hybridized carbons (Fsp3) is 0.720. The first kappa shape index (κ1) is 21.2. The highest BCUT2D eigenvalue weighted by Gasteiger charge is 2.49. The molecule has 0 fully saturated rings. The Kier molecular flexibility index (Phi) is 6.75. The molecule has 0 saturated carbocycles. The van der Waals surface area contributed by atoms with Crippen LogP contribution in [0.2, 0.25) is 0 Å². The summed E-state index contributed by atoms with van der Waals surface area (Å²) in [5.74, 6) is 3.33. The molecule has 2 atom stereocenters. The fourth-order valence-electron chi connectivity index (χ4n) is 5.87. The smallest absolute Gasteiger partial charge is 0.163 e. The first-order valence-electron chi connectivity index (χ1n) is 10.8. The first-order valence-corrected chi connectivity index (χ1v) is 10.8. The van der Waals surface area contributed by atoms with E-state index >= 15 is 0 Å². The van der Waals surface area contributed by atoms with Crippen LogP contribution in [0.5, 0.6) is 0 Å². The van der Waals surface area contributed by atoms with Crippen LogP contribution in [-0.2, 0) is 0 Å². The zero-order chi connectivity index (χ0) is 19.8. The maximum Gasteiger partial charge on any atom is 0.163 e. The van der Waals surface area contributed by atoms with Gasteiger partial charge in [0.25, 0.3) is 0 Å². The second-order valence-electron chi connectivity index (χ2n) is 9.81. The normalized spacial score (nSPS) is 21.3. The van der Waals surface area contributed by atoms with Gasteiger partial charge in [-0.1, -0.05) is 59.7 Å². The summed E-state index contributed by atoms with van der Waals surface area (Å²) in [6, 6.07) is 8.02. The quantitative estimate of drug-likeness (QED) is 0.505. The van der Waals surface area contributed by atoms with E-state index < -0.39 is 0 Å². The predicted molar refractivity (Wildman–Crippen MR) is 115 cm³/mol. The molecular weight excluding hydrogens is 314 g/mol. The van der Waals surface area contributed by atoms with Crippen molar-refractivity contribution in [3.05, 3.63) is 34.9 Å². The van der Waals surface area contributed by atoms with E-state index in [4.69, 9.17) is 0 Å². The van der Waals surface area contributed by atoms with Gasteiger partial charge in [-0.2, -0.15) is 0 Å². The lowest BCUT2D eigenvalue weighted by atomic mass is 9.75. The van der Waals surface area contributed by atoms with Crippen molar-refractivity contribution < 1.29 is 4.58 Å². The Morgan fingerprint density at radius 1 is 0.846 bits per heavy atom. The number of benzene rings is 1. The number of hydrogen-bond donors (Lipinski definition) is 0. The lowest BCUT2D eigenvalue weighted by molar-refractivity contribution is -0.599. The zero-order valence-corrected chi connectivity index (χ0v) is 18.9. The third kappa shape index (κ3) is 3.92. The van der Waals surface area contributed by atoms with Gasteiger partial charge in [-0.15, -0.1) is 0 Å². The van der Waals surface area contributed by atoms with Crippen LogP contribution < -0.4 is 0 Å². The van der Waals surface area contributed by atoms with Gasteiger partial charge in [-0.3, -0.25) is 0 Å². The number of rotatable bonds is 6. The molecule has 0 aliphatic carbocycles. The molecule has 1 aliphatic rings. The van der Waals surface area contributed by atoms with Crippen LogP contribution in [0.3, 0.4) is 0 Å². The summed E-state index contributed by atoms with van der Waals surface area (Å²) in [7, 11) is 0. The molecule has 0 aromatic heterocycles. The van der Waals surface area contributed by atoms with Crippen molar-refractivity contribution in [1.82, 2.24) is 0 Å². The van der Waals surface area contributed by atoms with Gasteiger partial charge in [0, 0.05) is 18.3 Å². The minimum atomic E-state index is 0.562. The number of aryl methyl sites for hydroxylation is 2. The molecule has 26 heavy (non-hydrogen) atoms. The van der Waals surface area contributed by atoms with E-state index in [1.165, 1.54) is 17.5 Å². The van der Waals surface area contributed by atoms with Crippen molar-refractivity contribution in [2.45, 2.75) is 93.7 Å². The molecule has 0 N–H and O–H groups in total. The zero-order valence-electron chi connectivity index (χ0n) is 18.9. The lowest BCUT2D eigenvalue weighted by Gasteiger charge is -2.30. The van der Waals surface area contributed by atoms with Crippen molar-refractivity contribution in [2.24, 2.45) is 23.7 Å². The molecule has 1 heteroatoms. The van der Waals surface area contributed by atoms with Crippen molar-refractivity contribution in [2.75, 3.05) is 0 Å². The van der Waals surface area contributed by atoms with Crippen molar-refractivity contribution in [1.29, 1.82) is 0 Å². The SMILES string of the molecule is Cc1cccc(C)c1C1C[C@@H](C(C(C)C)C(C)C)[N+](C(C)C)=C1C(C)C.